The smallest absolute Gasteiger partial charge is 0.150 e. The van der Waals surface area contributed by atoms with Crippen molar-refractivity contribution in [3.8, 4) is 6.07 Å². The molecule has 1 N–H and O–H groups in total. The summed E-state index contributed by atoms with van der Waals surface area (Å²) in [6.07, 6.45) is 1.55. The molecule has 4 heteroatoms. The number of nitrogens with zero attached hydrogens (tertiary/aromatic N) is 2. The Balaban J connectivity index is 2.19. The third-order valence-corrected chi connectivity index (χ3v) is 2.89. The summed E-state index contributed by atoms with van der Waals surface area (Å²) < 4.78 is 0. The molecule has 0 saturated carbocycles. The number of H-pyrrole nitrogens is 1. The second-order valence-electron chi connectivity index (χ2n) is 3.79. The first-order valence-corrected chi connectivity index (χ1v) is 5.83. The molecule has 1 aromatic carbocycles. The summed E-state index contributed by atoms with van der Waals surface area (Å²) in [6, 6.07) is 9.57. The quantitative estimate of drug-likeness (QED) is 0.904. The molecular formula is C13H12ClN3. The number of hydrogen-bond donors (Lipinski definition) is 1. The third-order valence-electron chi connectivity index (χ3n) is 2.58. The van der Waals surface area contributed by atoms with Crippen molar-refractivity contribution < 1.29 is 0 Å². The van der Waals surface area contributed by atoms with Gasteiger partial charge in [0.15, 0.2) is 5.15 Å². The van der Waals surface area contributed by atoms with Crippen LogP contribution in [0.4, 0.5) is 0 Å². The number of benzene rings is 1. The predicted octanol–water partition coefficient (Wildman–Crippen LogP) is 3.09. The molecule has 3 nitrogen and oxygen atoms in total. The largest absolute Gasteiger partial charge is 0.344 e. The highest BCUT2D eigenvalue weighted by molar-refractivity contribution is 6.30. The van der Waals surface area contributed by atoms with Crippen LogP contribution in [0.15, 0.2) is 24.3 Å². The molecule has 2 rings (SSSR count). The molecule has 86 valence electrons. The highest BCUT2D eigenvalue weighted by Crippen LogP contribution is 2.17. The van der Waals surface area contributed by atoms with E-state index in [2.05, 4.69) is 16.0 Å². The standard InChI is InChI=1S/C13H12ClN3/c1-2-12-16-11(13(14)17-12)7-9-3-5-10(8-15)6-4-9/h3-6H,2,7H2,1H3,(H,16,17). The van der Waals surface area contributed by atoms with Crippen molar-refractivity contribution in [2.75, 3.05) is 0 Å². The summed E-state index contributed by atoms with van der Waals surface area (Å²) in [6.45, 7) is 2.03. The maximum absolute atomic E-state index is 8.71. The highest BCUT2D eigenvalue weighted by Gasteiger charge is 2.07. The maximum Gasteiger partial charge on any atom is 0.150 e. The van der Waals surface area contributed by atoms with Crippen molar-refractivity contribution in [2.24, 2.45) is 0 Å². The zero-order valence-electron chi connectivity index (χ0n) is 9.50. The minimum Gasteiger partial charge on any atom is -0.344 e. The van der Waals surface area contributed by atoms with Crippen molar-refractivity contribution in [3.63, 3.8) is 0 Å². The van der Waals surface area contributed by atoms with E-state index in [1.165, 1.54) is 0 Å². The van der Waals surface area contributed by atoms with Gasteiger partial charge in [0, 0.05) is 12.8 Å². The molecule has 0 amide bonds. The van der Waals surface area contributed by atoms with Crippen LogP contribution in [0.25, 0.3) is 0 Å². The molecule has 0 saturated heterocycles. The Bertz CT molecular complexity index is 549. The van der Waals surface area contributed by atoms with Gasteiger partial charge in [-0.25, -0.2) is 4.98 Å². The maximum atomic E-state index is 8.71. The molecule has 1 heterocycles. The van der Waals surface area contributed by atoms with Gasteiger partial charge in [0.25, 0.3) is 0 Å². The van der Waals surface area contributed by atoms with Gasteiger partial charge >= 0.3 is 0 Å². The van der Waals surface area contributed by atoms with Crippen LogP contribution < -0.4 is 0 Å². The highest BCUT2D eigenvalue weighted by atomic mass is 35.5. The third kappa shape index (κ3) is 2.66. The van der Waals surface area contributed by atoms with Crippen LogP contribution in [0.1, 0.15) is 29.6 Å². The minimum atomic E-state index is 0.534. The number of imidazole rings is 1. The van der Waals surface area contributed by atoms with E-state index in [0.29, 0.717) is 17.1 Å². The Kier molecular flexibility index (Phi) is 3.46. The number of aromatic nitrogens is 2. The van der Waals surface area contributed by atoms with Gasteiger partial charge < -0.3 is 4.98 Å². The van der Waals surface area contributed by atoms with Crippen LogP contribution in [0.3, 0.4) is 0 Å². The van der Waals surface area contributed by atoms with E-state index in [9.17, 15) is 0 Å². The van der Waals surface area contributed by atoms with Gasteiger partial charge in [-0.1, -0.05) is 30.7 Å². The number of hydrogen-bond acceptors (Lipinski definition) is 2. The zero-order valence-corrected chi connectivity index (χ0v) is 10.3. The molecule has 0 bridgehead atoms. The summed E-state index contributed by atoms with van der Waals surface area (Å²) >= 11 is 6.04. The zero-order chi connectivity index (χ0) is 12.3. The summed E-state index contributed by atoms with van der Waals surface area (Å²) in [4.78, 5) is 7.42. The fraction of sp³-hybridized carbons (Fsp3) is 0.231. The Morgan fingerprint density at radius 2 is 2.06 bits per heavy atom. The lowest BCUT2D eigenvalue weighted by Crippen LogP contribution is -1.90. The number of nitriles is 1. The molecule has 0 aliphatic heterocycles. The van der Waals surface area contributed by atoms with E-state index in [4.69, 9.17) is 16.9 Å². The molecular weight excluding hydrogens is 234 g/mol. The van der Waals surface area contributed by atoms with Gasteiger partial charge in [-0.3, -0.25) is 0 Å². The summed E-state index contributed by atoms with van der Waals surface area (Å²) in [5.74, 6) is 0.902. The Hall–Kier alpha value is -1.79. The lowest BCUT2D eigenvalue weighted by Gasteiger charge is -1.99. The first-order chi connectivity index (χ1) is 8.22. The summed E-state index contributed by atoms with van der Waals surface area (Å²) in [7, 11) is 0. The van der Waals surface area contributed by atoms with Crippen molar-refractivity contribution in [3.05, 3.63) is 52.1 Å². The molecule has 0 fully saturated rings. The number of rotatable bonds is 3. The van der Waals surface area contributed by atoms with E-state index in [1.54, 1.807) is 12.1 Å². The first-order valence-electron chi connectivity index (χ1n) is 5.45. The van der Waals surface area contributed by atoms with Crippen LogP contribution in [-0.4, -0.2) is 9.97 Å². The Morgan fingerprint density at radius 3 is 2.59 bits per heavy atom. The predicted molar refractivity (Wildman–Crippen MR) is 66.9 cm³/mol. The molecule has 0 atom stereocenters. The van der Waals surface area contributed by atoms with Crippen LogP contribution in [0, 0.1) is 11.3 Å². The fourth-order valence-electron chi connectivity index (χ4n) is 1.63. The number of aromatic amines is 1. The van der Waals surface area contributed by atoms with E-state index >= 15 is 0 Å². The molecule has 0 unspecified atom stereocenters. The topological polar surface area (TPSA) is 52.5 Å². The normalized spacial score (nSPS) is 10.2. The van der Waals surface area contributed by atoms with Crippen molar-refractivity contribution in [1.82, 2.24) is 9.97 Å². The second-order valence-corrected chi connectivity index (χ2v) is 4.15. The van der Waals surface area contributed by atoms with E-state index in [-0.39, 0.29) is 0 Å². The lowest BCUT2D eigenvalue weighted by atomic mass is 10.1. The lowest BCUT2D eigenvalue weighted by molar-refractivity contribution is 0.970. The van der Waals surface area contributed by atoms with Crippen molar-refractivity contribution >= 4 is 11.6 Å². The van der Waals surface area contributed by atoms with Crippen LogP contribution in [0.5, 0.6) is 0 Å². The molecule has 0 aliphatic rings. The minimum absolute atomic E-state index is 0.534. The van der Waals surface area contributed by atoms with Gasteiger partial charge in [-0.05, 0) is 17.7 Å². The van der Waals surface area contributed by atoms with Gasteiger partial charge in [0.2, 0.25) is 0 Å². The van der Waals surface area contributed by atoms with E-state index in [1.807, 2.05) is 19.1 Å². The second kappa shape index (κ2) is 5.03. The van der Waals surface area contributed by atoms with Gasteiger partial charge in [0.05, 0.1) is 17.3 Å². The number of halogens is 1. The molecule has 2 aromatic rings. The number of aryl methyl sites for hydroxylation is 1. The van der Waals surface area contributed by atoms with Crippen LogP contribution >= 0.6 is 11.6 Å². The van der Waals surface area contributed by atoms with Crippen molar-refractivity contribution in [2.45, 2.75) is 19.8 Å². The molecule has 0 radical (unpaired) electrons. The Morgan fingerprint density at radius 1 is 1.35 bits per heavy atom. The molecule has 1 aromatic heterocycles. The summed E-state index contributed by atoms with van der Waals surface area (Å²) in [5.41, 5.74) is 2.70. The molecule has 0 aliphatic carbocycles. The van der Waals surface area contributed by atoms with Crippen molar-refractivity contribution in [1.29, 1.82) is 5.26 Å². The average Bonchev–Trinajstić information content (AvgIpc) is 2.71. The monoisotopic (exact) mass is 245 g/mol. The Labute approximate surface area is 105 Å². The van der Waals surface area contributed by atoms with Gasteiger partial charge in [-0.2, -0.15) is 5.26 Å². The van der Waals surface area contributed by atoms with Crippen LogP contribution in [-0.2, 0) is 12.8 Å². The average molecular weight is 246 g/mol. The van der Waals surface area contributed by atoms with E-state index < -0.39 is 0 Å². The van der Waals surface area contributed by atoms with Gasteiger partial charge in [-0.15, -0.1) is 0 Å². The molecule has 17 heavy (non-hydrogen) atoms. The molecule has 0 spiro atoms. The SMILES string of the molecule is CCc1nc(Cl)c(Cc2ccc(C#N)cc2)[nH]1. The van der Waals surface area contributed by atoms with Crippen LogP contribution in [0.2, 0.25) is 5.15 Å². The summed E-state index contributed by atoms with van der Waals surface area (Å²) in [5, 5.41) is 9.24. The fourth-order valence-corrected chi connectivity index (χ4v) is 1.84. The van der Waals surface area contributed by atoms with E-state index in [0.717, 1.165) is 23.5 Å². The number of nitrogens with one attached hydrogen (secondary N) is 1. The first kappa shape index (κ1) is 11.7. The van der Waals surface area contributed by atoms with Gasteiger partial charge in [0.1, 0.15) is 5.82 Å².